The first-order valence-corrected chi connectivity index (χ1v) is 19.9. The Labute approximate surface area is 290 Å². The number of nitrogens with one attached hydrogen (secondary N) is 1. The van der Waals surface area contributed by atoms with Crippen LogP contribution in [0.1, 0.15) is 187 Å². The SMILES string of the molecule is CCCCC/C=C/CC/C=C/CC/C=C/CCCC(O)C(O)C(CO)NC(=O)C(O)CCCCCCCCCCCCCCCCC. The van der Waals surface area contributed by atoms with Crippen LogP contribution < -0.4 is 5.32 Å². The third kappa shape index (κ3) is 30.3. The molecule has 5 N–H and O–H groups in total. The van der Waals surface area contributed by atoms with E-state index in [1.807, 2.05) is 0 Å². The quantitative estimate of drug-likeness (QED) is 0.0343. The van der Waals surface area contributed by atoms with Crippen molar-refractivity contribution in [2.45, 2.75) is 212 Å². The van der Waals surface area contributed by atoms with Gasteiger partial charge in [-0.15, -0.1) is 0 Å². The van der Waals surface area contributed by atoms with Gasteiger partial charge in [-0.05, 0) is 64.2 Å². The Hall–Kier alpha value is -1.47. The van der Waals surface area contributed by atoms with Crippen LogP contribution in [0.25, 0.3) is 0 Å². The zero-order valence-electron chi connectivity index (χ0n) is 30.8. The fraction of sp³-hybridized carbons (Fsp3) is 0.829. The molecule has 0 heterocycles. The summed E-state index contributed by atoms with van der Waals surface area (Å²) in [5.41, 5.74) is 0. The van der Waals surface area contributed by atoms with E-state index in [1.54, 1.807) is 0 Å². The Morgan fingerprint density at radius 1 is 0.511 bits per heavy atom. The molecule has 4 unspecified atom stereocenters. The van der Waals surface area contributed by atoms with Crippen molar-refractivity contribution in [1.82, 2.24) is 5.32 Å². The van der Waals surface area contributed by atoms with E-state index in [2.05, 4.69) is 55.6 Å². The smallest absolute Gasteiger partial charge is 0.249 e. The molecule has 0 rings (SSSR count). The molecule has 0 aromatic rings. The van der Waals surface area contributed by atoms with E-state index in [9.17, 15) is 25.2 Å². The van der Waals surface area contributed by atoms with E-state index in [0.29, 0.717) is 19.3 Å². The maximum Gasteiger partial charge on any atom is 0.249 e. The van der Waals surface area contributed by atoms with Crippen LogP contribution in [0.2, 0.25) is 0 Å². The van der Waals surface area contributed by atoms with Gasteiger partial charge in [-0.25, -0.2) is 0 Å². The second-order valence-corrected chi connectivity index (χ2v) is 13.6. The lowest BCUT2D eigenvalue weighted by Gasteiger charge is -2.27. The molecule has 276 valence electrons. The minimum atomic E-state index is -1.29. The summed E-state index contributed by atoms with van der Waals surface area (Å²) in [6.07, 6.45) is 40.2. The van der Waals surface area contributed by atoms with E-state index in [-0.39, 0.29) is 0 Å². The molecule has 0 spiro atoms. The number of allylic oxidation sites excluding steroid dienone is 6. The van der Waals surface area contributed by atoms with Gasteiger partial charge in [0.1, 0.15) is 12.2 Å². The average molecular weight is 664 g/mol. The number of carbonyl (C=O) groups excluding carboxylic acids is 1. The summed E-state index contributed by atoms with van der Waals surface area (Å²) in [5.74, 6) is -0.600. The highest BCUT2D eigenvalue weighted by atomic mass is 16.3. The van der Waals surface area contributed by atoms with Crippen molar-refractivity contribution >= 4 is 5.91 Å². The van der Waals surface area contributed by atoms with Crippen molar-refractivity contribution in [2.75, 3.05) is 6.61 Å². The molecule has 0 radical (unpaired) electrons. The molecule has 6 nitrogen and oxygen atoms in total. The third-order valence-electron chi connectivity index (χ3n) is 9.06. The van der Waals surface area contributed by atoms with Crippen molar-refractivity contribution in [3.63, 3.8) is 0 Å². The Morgan fingerprint density at radius 3 is 1.34 bits per heavy atom. The van der Waals surface area contributed by atoms with E-state index >= 15 is 0 Å². The van der Waals surface area contributed by atoms with Crippen molar-refractivity contribution in [3.05, 3.63) is 36.5 Å². The molecule has 0 aliphatic heterocycles. The number of carbonyl (C=O) groups is 1. The van der Waals surface area contributed by atoms with E-state index in [4.69, 9.17) is 0 Å². The van der Waals surface area contributed by atoms with Gasteiger partial charge in [0, 0.05) is 0 Å². The molecule has 1 amide bonds. The highest BCUT2D eigenvalue weighted by Gasteiger charge is 2.28. The Bertz CT molecular complexity index is 752. The van der Waals surface area contributed by atoms with Crippen molar-refractivity contribution in [3.8, 4) is 0 Å². The fourth-order valence-corrected chi connectivity index (χ4v) is 5.85. The number of hydrogen-bond acceptors (Lipinski definition) is 5. The second-order valence-electron chi connectivity index (χ2n) is 13.6. The minimum Gasteiger partial charge on any atom is -0.394 e. The van der Waals surface area contributed by atoms with Crippen LogP contribution in [-0.2, 0) is 4.79 Å². The van der Waals surface area contributed by atoms with Gasteiger partial charge in [0.15, 0.2) is 0 Å². The van der Waals surface area contributed by atoms with Crippen molar-refractivity contribution in [1.29, 1.82) is 0 Å². The zero-order chi connectivity index (χ0) is 34.6. The zero-order valence-corrected chi connectivity index (χ0v) is 30.8. The van der Waals surface area contributed by atoms with Gasteiger partial charge < -0.3 is 25.7 Å². The summed E-state index contributed by atoms with van der Waals surface area (Å²) in [4.78, 5) is 12.5. The van der Waals surface area contributed by atoms with Crippen molar-refractivity contribution < 1.29 is 25.2 Å². The maximum atomic E-state index is 12.5. The summed E-state index contributed by atoms with van der Waals surface area (Å²) < 4.78 is 0. The molecule has 0 aromatic heterocycles. The molecule has 0 bridgehead atoms. The van der Waals surface area contributed by atoms with Crippen molar-refractivity contribution in [2.24, 2.45) is 0 Å². The number of aliphatic hydroxyl groups is 4. The van der Waals surface area contributed by atoms with E-state index < -0.39 is 36.9 Å². The molecule has 0 saturated heterocycles. The lowest BCUT2D eigenvalue weighted by atomic mass is 10.00. The Balaban J connectivity index is 3.87. The van der Waals surface area contributed by atoms with Gasteiger partial charge in [-0.2, -0.15) is 0 Å². The summed E-state index contributed by atoms with van der Waals surface area (Å²) in [6.45, 7) is 3.99. The first-order valence-electron chi connectivity index (χ1n) is 19.9. The van der Waals surface area contributed by atoms with Crippen LogP contribution >= 0.6 is 0 Å². The molecule has 0 aliphatic rings. The lowest BCUT2D eigenvalue weighted by Crippen LogP contribution is -2.53. The molecule has 6 heteroatoms. The molecule has 0 saturated carbocycles. The molecule has 0 aromatic carbocycles. The molecular weight excluding hydrogens is 586 g/mol. The van der Waals surface area contributed by atoms with E-state index in [1.165, 1.54) is 103 Å². The average Bonchev–Trinajstić information content (AvgIpc) is 3.07. The number of aliphatic hydroxyl groups excluding tert-OH is 4. The number of rotatable bonds is 35. The lowest BCUT2D eigenvalue weighted by molar-refractivity contribution is -0.132. The summed E-state index contributed by atoms with van der Waals surface area (Å²) in [7, 11) is 0. The largest absolute Gasteiger partial charge is 0.394 e. The summed E-state index contributed by atoms with van der Waals surface area (Å²) >= 11 is 0. The van der Waals surface area contributed by atoms with Gasteiger partial charge >= 0.3 is 0 Å². The standard InChI is InChI=1S/C41H77NO5/c1-3-5-7-9-11-13-15-17-19-21-22-24-26-28-30-32-34-38(44)40(46)37(36-43)42-41(47)39(45)35-33-31-29-27-25-23-20-18-16-14-12-10-8-6-4-2/h11,13,19,21,26,28,37-40,43-46H,3-10,12,14-18,20,22-25,27,29-36H2,1-2H3,(H,42,47)/b13-11+,21-19+,28-26+. The fourth-order valence-electron chi connectivity index (χ4n) is 5.85. The highest BCUT2D eigenvalue weighted by Crippen LogP contribution is 2.15. The predicted octanol–water partition coefficient (Wildman–Crippen LogP) is 9.79. The summed E-state index contributed by atoms with van der Waals surface area (Å²) in [5, 5.41) is 43.5. The molecular formula is C41H77NO5. The molecule has 47 heavy (non-hydrogen) atoms. The van der Waals surface area contributed by atoms with Gasteiger partial charge in [0.25, 0.3) is 0 Å². The predicted molar refractivity (Wildman–Crippen MR) is 200 cm³/mol. The van der Waals surface area contributed by atoms with Crippen LogP contribution in [-0.4, -0.2) is 57.3 Å². The van der Waals surface area contributed by atoms with Crippen LogP contribution in [0, 0.1) is 0 Å². The first-order chi connectivity index (χ1) is 23.0. The van der Waals surface area contributed by atoms with Gasteiger partial charge in [0.05, 0.1) is 18.8 Å². The van der Waals surface area contributed by atoms with Crippen LogP contribution in [0.4, 0.5) is 0 Å². The summed E-state index contributed by atoms with van der Waals surface area (Å²) in [6, 6.07) is -1.01. The minimum absolute atomic E-state index is 0.361. The van der Waals surface area contributed by atoms with Gasteiger partial charge in [0.2, 0.25) is 5.91 Å². The normalized spacial score (nSPS) is 14.8. The van der Waals surface area contributed by atoms with Gasteiger partial charge in [-0.1, -0.05) is 159 Å². The molecule has 4 atom stereocenters. The Kier molecular flexibility index (Phi) is 34.7. The molecule has 0 fully saturated rings. The number of unbranched alkanes of at least 4 members (excludes halogenated alkanes) is 20. The second kappa shape index (κ2) is 35.8. The topological polar surface area (TPSA) is 110 Å². The number of hydrogen-bond donors (Lipinski definition) is 5. The third-order valence-corrected chi connectivity index (χ3v) is 9.06. The first kappa shape index (κ1) is 45.5. The molecule has 0 aliphatic carbocycles. The number of amides is 1. The Morgan fingerprint density at radius 2 is 0.894 bits per heavy atom. The van der Waals surface area contributed by atoms with Gasteiger partial charge in [-0.3, -0.25) is 4.79 Å². The van der Waals surface area contributed by atoms with Crippen LogP contribution in [0.3, 0.4) is 0 Å². The highest BCUT2D eigenvalue weighted by molar-refractivity contribution is 5.80. The monoisotopic (exact) mass is 664 g/mol. The maximum absolute atomic E-state index is 12.5. The van der Waals surface area contributed by atoms with E-state index in [0.717, 1.165) is 51.4 Å². The van der Waals surface area contributed by atoms with Crippen LogP contribution in [0.15, 0.2) is 36.5 Å². The van der Waals surface area contributed by atoms with Crippen LogP contribution in [0.5, 0.6) is 0 Å².